The number of benzene rings is 1. The fourth-order valence-corrected chi connectivity index (χ4v) is 2.80. The molecule has 0 spiro atoms. The standard InChI is InChI=1S/C17H27NO2/c1-10-11(2)13(4)17(14(5)12(10)3)15(18)8-7-9-16(19)20-6/h15H,7-9,18H2,1-6H3. The van der Waals surface area contributed by atoms with Gasteiger partial charge in [-0.1, -0.05) is 0 Å². The Morgan fingerprint density at radius 2 is 1.45 bits per heavy atom. The highest BCUT2D eigenvalue weighted by molar-refractivity contribution is 5.69. The van der Waals surface area contributed by atoms with Crippen LogP contribution in [0.2, 0.25) is 0 Å². The molecule has 3 nitrogen and oxygen atoms in total. The SMILES string of the molecule is COC(=O)CCCC(N)c1c(C)c(C)c(C)c(C)c1C. The highest BCUT2D eigenvalue weighted by Gasteiger charge is 2.17. The third kappa shape index (κ3) is 3.40. The van der Waals surface area contributed by atoms with Gasteiger partial charge in [-0.2, -0.15) is 0 Å². The number of esters is 1. The van der Waals surface area contributed by atoms with Crippen molar-refractivity contribution in [3.8, 4) is 0 Å². The molecule has 112 valence electrons. The maximum absolute atomic E-state index is 11.2. The average molecular weight is 277 g/mol. The van der Waals surface area contributed by atoms with E-state index in [-0.39, 0.29) is 12.0 Å². The summed E-state index contributed by atoms with van der Waals surface area (Å²) in [6, 6.07) is -0.0161. The predicted octanol–water partition coefficient (Wildman–Crippen LogP) is 3.57. The second-order valence-corrected chi connectivity index (χ2v) is 5.61. The first-order valence-corrected chi connectivity index (χ1v) is 7.20. The van der Waals surface area contributed by atoms with Crippen LogP contribution in [0.15, 0.2) is 0 Å². The van der Waals surface area contributed by atoms with Gasteiger partial charge in [-0.25, -0.2) is 0 Å². The van der Waals surface area contributed by atoms with Crippen molar-refractivity contribution < 1.29 is 9.53 Å². The van der Waals surface area contributed by atoms with Gasteiger partial charge in [0.05, 0.1) is 7.11 Å². The molecule has 0 amide bonds. The molecule has 2 N–H and O–H groups in total. The van der Waals surface area contributed by atoms with E-state index < -0.39 is 0 Å². The Morgan fingerprint density at radius 1 is 1.00 bits per heavy atom. The molecule has 0 radical (unpaired) electrons. The Labute approximate surface area is 122 Å². The third-order valence-corrected chi connectivity index (χ3v) is 4.55. The lowest BCUT2D eigenvalue weighted by Gasteiger charge is -2.23. The van der Waals surface area contributed by atoms with Gasteiger partial charge in [-0.3, -0.25) is 4.79 Å². The summed E-state index contributed by atoms with van der Waals surface area (Å²) in [5, 5.41) is 0. The van der Waals surface area contributed by atoms with E-state index in [2.05, 4.69) is 39.4 Å². The summed E-state index contributed by atoms with van der Waals surface area (Å²) < 4.78 is 4.66. The molecule has 0 aliphatic rings. The second kappa shape index (κ2) is 6.89. The van der Waals surface area contributed by atoms with Gasteiger partial charge in [0.1, 0.15) is 0 Å². The molecular weight excluding hydrogens is 250 g/mol. The molecule has 0 saturated carbocycles. The second-order valence-electron chi connectivity index (χ2n) is 5.61. The van der Waals surface area contributed by atoms with Crippen molar-refractivity contribution in [3.63, 3.8) is 0 Å². The van der Waals surface area contributed by atoms with Crippen LogP contribution >= 0.6 is 0 Å². The van der Waals surface area contributed by atoms with Crippen molar-refractivity contribution in [2.45, 2.75) is 59.9 Å². The zero-order valence-electron chi connectivity index (χ0n) is 13.6. The van der Waals surface area contributed by atoms with Crippen molar-refractivity contribution in [2.24, 2.45) is 5.73 Å². The van der Waals surface area contributed by atoms with Crippen LogP contribution in [0.25, 0.3) is 0 Å². The first-order chi connectivity index (χ1) is 9.31. The van der Waals surface area contributed by atoms with Crippen LogP contribution in [0, 0.1) is 34.6 Å². The lowest BCUT2D eigenvalue weighted by atomic mass is 9.85. The molecule has 1 aromatic carbocycles. The molecule has 20 heavy (non-hydrogen) atoms. The minimum atomic E-state index is -0.165. The van der Waals surface area contributed by atoms with E-state index in [0.717, 1.165) is 12.8 Å². The van der Waals surface area contributed by atoms with E-state index in [1.54, 1.807) is 0 Å². The predicted molar refractivity (Wildman–Crippen MR) is 82.9 cm³/mol. The molecule has 0 aliphatic carbocycles. The molecule has 0 aromatic heterocycles. The number of hydrogen-bond donors (Lipinski definition) is 1. The average Bonchev–Trinajstić information content (AvgIpc) is 2.43. The van der Waals surface area contributed by atoms with Crippen molar-refractivity contribution in [1.82, 2.24) is 0 Å². The highest BCUT2D eigenvalue weighted by Crippen LogP contribution is 2.31. The summed E-state index contributed by atoms with van der Waals surface area (Å²) >= 11 is 0. The fourth-order valence-electron chi connectivity index (χ4n) is 2.80. The molecule has 0 aliphatic heterocycles. The van der Waals surface area contributed by atoms with Crippen molar-refractivity contribution in [2.75, 3.05) is 7.11 Å². The van der Waals surface area contributed by atoms with E-state index in [4.69, 9.17) is 5.73 Å². The van der Waals surface area contributed by atoms with Crippen molar-refractivity contribution >= 4 is 5.97 Å². The number of methoxy groups -OCH3 is 1. The van der Waals surface area contributed by atoms with E-state index in [1.807, 2.05) is 0 Å². The van der Waals surface area contributed by atoms with Crippen LogP contribution in [0.3, 0.4) is 0 Å². The van der Waals surface area contributed by atoms with Crippen LogP contribution in [0.1, 0.15) is 58.7 Å². The first kappa shape index (κ1) is 16.7. The molecule has 0 saturated heterocycles. The summed E-state index contributed by atoms with van der Waals surface area (Å²) in [6.45, 7) is 10.8. The first-order valence-electron chi connectivity index (χ1n) is 7.20. The van der Waals surface area contributed by atoms with Gasteiger partial charge in [0.25, 0.3) is 0 Å². The smallest absolute Gasteiger partial charge is 0.305 e. The summed E-state index contributed by atoms with van der Waals surface area (Å²) in [5.41, 5.74) is 14.2. The normalized spacial score (nSPS) is 12.3. The van der Waals surface area contributed by atoms with Gasteiger partial charge in [-0.05, 0) is 80.8 Å². The van der Waals surface area contributed by atoms with E-state index in [9.17, 15) is 4.79 Å². The summed E-state index contributed by atoms with van der Waals surface area (Å²) in [5.74, 6) is -0.165. The molecule has 0 heterocycles. The molecular formula is C17H27NO2. The van der Waals surface area contributed by atoms with Gasteiger partial charge in [0.15, 0.2) is 0 Å². The van der Waals surface area contributed by atoms with Gasteiger partial charge < -0.3 is 10.5 Å². The summed E-state index contributed by atoms with van der Waals surface area (Å²) in [4.78, 5) is 11.2. The minimum absolute atomic E-state index is 0.0161. The Balaban J connectivity index is 2.93. The highest BCUT2D eigenvalue weighted by atomic mass is 16.5. The van der Waals surface area contributed by atoms with E-state index >= 15 is 0 Å². The Kier molecular flexibility index (Phi) is 5.75. The molecule has 0 bridgehead atoms. The lowest BCUT2D eigenvalue weighted by molar-refractivity contribution is -0.140. The van der Waals surface area contributed by atoms with Crippen molar-refractivity contribution in [3.05, 3.63) is 33.4 Å². The van der Waals surface area contributed by atoms with Gasteiger partial charge in [0, 0.05) is 12.5 Å². The lowest BCUT2D eigenvalue weighted by Crippen LogP contribution is -2.16. The summed E-state index contributed by atoms with van der Waals surface area (Å²) in [6.07, 6.45) is 2.00. The quantitative estimate of drug-likeness (QED) is 0.837. The maximum Gasteiger partial charge on any atom is 0.305 e. The number of hydrogen-bond acceptors (Lipinski definition) is 3. The zero-order valence-corrected chi connectivity index (χ0v) is 13.6. The minimum Gasteiger partial charge on any atom is -0.469 e. The van der Waals surface area contributed by atoms with Crippen LogP contribution in [-0.4, -0.2) is 13.1 Å². The number of nitrogens with two attached hydrogens (primary N) is 1. The number of rotatable bonds is 5. The monoisotopic (exact) mass is 277 g/mol. The van der Waals surface area contributed by atoms with E-state index in [1.165, 1.54) is 40.5 Å². The molecule has 1 atom stereocenters. The largest absolute Gasteiger partial charge is 0.469 e. The van der Waals surface area contributed by atoms with Gasteiger partial charge in [0.2, 0.25) is 0 Å². The molecule has 1 rings (SSSR count). The molecule has 0 fully saturated rings. The van der Waals surface area contributed by atoms with E-state index in [0.29, 0.717) is 6.42 Å². The Hall–Kier alpha value is -1.35. The number of carbonyl (C=O) groups excluding carboxylic acids is 1. The number of ether oxygens (including phenoxy) is 1. The number of carbonyl (C=O) groups is 1. The van der Waals surface area contributed by atoms with Crippen LogP contribution in [0.5, 0.6) is 0 Å². The molecule has 1 unspecified atom stereocenters. The Morgan fingerprint density at radius 3 is 1.90 bits per heavy atom. The topological polar surface area (TPSA) is 52.3 Å². The van der Waals surface area contributed by atoms with Gasteiger partial charge in [-0.15, -0.1) is 0 Å². The van der Waals surface area contributed by atoms with Crippen LogP contribution in [0.4, 0.5) is 0 Å². The molecule has 1 aromatic rings. The third-order valence-electron chi connectivity index (χ3n) is 4.55. The van der Waals surface area contributed by atoms with Crippen molar-refractivity contribution in [1.29, 1.82) is 0 Å². The molecule has 3 heteroatoms. The fraction of sp³-hybridized carbons (Fsp3) is 0.588. The van der Waals surface area contributed by atoms with Gasteiger partial charge >= 0.3 is 5.97 Å². The van der Waals surface area contributed by atoms with Crippen LogP contribution in [-0.2, 0) is 9.53 Å². The summed E-state index contributed by atoms with van der Waals surface area (Å²) in [7, 11) is 1.42. The van der Waals surface area contributed by atoms with Crippen LogP contribution < -0.4 is 5.73 Å². The Bertz CT molecular complexity index is 477. The zero-order chi connectivity index (χ0) is 15.4. The maximum atomic E-state index is 11.2.